The van der Waals surface area contributed by atoms with Gasteiger partial charge in [0.1, 0.15) is 5.75 Å². The highest BCUT2D eigenvalue weighted by molar-refractivity contribution is 5.28. The number of hydrogen-bond donors (Lipinski definition) is 3. The average molecular weight is 253 g/mol. The first-order chi connectivity index (χ1) is 8.63. The van der Waals surface area contributed by atoms with Crippen LogP contribution in [0.3, 0.4) is 0 Å². The summed E-state index contributed by atoms with van der Waals surface area (Å²) in [6.07, 6.45) is 0.982. The molecule has 0 heterocycles. The Morgan fingerprint density at radius 3 is 2.61 bits per heavy atom. The molecule has 1 aromatic rings. The first-order valence-electron chi connectivity index (χ1n) is 6.32. The van der Waals surface area contributed by atoms with Crippen LogP contribution in [0.2, 0.25) is 0 Å². The number of benzene rings is 1. The van der Waals surface area contributed by atoms with Crippen molar-refractivity contribution in [3.63, 3.8) is 0 Å². The lowest BCUT2D eigenvalue weighted by molar-refractivity contribution is 0.103. The van der Waals surface area contributed by atoms with Crippen LogP contribution >= 0.6 is 0 Å². The Morgan fingerprint density at radius 2 is 2.00 bits per heavy atom. The minimum atomic E-state index is -0.652. The van der Waals surface area contributed by atoms with E-state index < -0.39 is 5.54 Å². The van der Waals surface area contributed by atoms with E-state index in [1.807, 2.05) is 24.3 Å². The van der Waals surface area contributed by atoms with E-state index in [1.165, 1.54) is 0 Å². The van der Waals surface area contributed by atoms with Gasteiger partial charge in [-0.25, -0.2) is 0 Å². The molecule has 1 rings (SSSR count). The van der Waals surface area contributed by atoms with E-state index in [1.54, 1.807) is 6.92 Å². The van der Waals surface area contributed by atoms with Crippen molar-refractivity contribution in [3.05, 3.63) is 29.8 Å². The van der Waals surface area contributed by atoms with Crippen LogP contribution in [0, 0.1) is 0 Å². The molecule has 0 saturated heterocycles. The molecule has 0 unspecified atom stereocenters. The van der Waals surface area contributed by atoms with Crippen LogP contribution in [0.25, 0.3) is 0 Å². The molecular formula is C14H23NO3. The molecule has 0 radical (unpaired) electrons. The third-order valence-corrected chi connectivity index (χ3v) is 2.79. The third kappa shape index (κ3) is 4.64. The van der Waals surface area contributed by atoms with Gasteiger partial charge in [0.25, 0.3) is 0 Å². The van der Waals surface area contributed by atoms with Crippen molar-refractivity contribution in [1.82, 2.24) is 5.32 Å². The van der Waals surface area contributed by atoms with E-state index in [0.717, 1.165) is 17.7 Å². The number of ether oxygens (including phenoxy) is 1. The van der Waals surface area contributed by atoms with Crippen molar-refractivity contribution in [2.24, 2.45) is 0 Å². The second kappa shape index (κ2) is 7.36. The molecule has 0 aromatic heterocycles. The predicted molar refractivity (Wildman–Crippen MR) is 71.6 cm³/mol. The molecule has 3 N–H and O–H groups in total. The number of nitrogens with one attached hydrogen (secondary N) is 1. The Morgan fingerprint density at radius 1 is 1.28 bits per heavy atom. The Balaban J connectivity index is 2.56. The maximum Gasteiger partial charge on any atom is 0.119 e. The Labute approximate surface area is 109 Å². The predicted octanol–water partition coefficient (Wildman–Crippen LogP) is 1.31. The summed E-state index contributed by atoms with van der Waals surface area (Å²) in [6, 6.07) is 7.83. The molecule has 0 spiro atoms. The molecule has 1 aromatic carbocycles. The van der Waals surface area contributed by atoms with Gasteiger partial charge >= 0.3 is 0 Å². The normalized spacial score (nSPS) is 11.6. The summed E-state index contributed by atoms with van der Waals surface area (Å²) in [7, 11) is 0. The zero-order valence-electron chi connectivity index (χ0n) is 11.1. The molecule has 0 aliphatic carbocycles. The summed E-state index contributed by atoms with van der Waals surface area (Å²) in [4.78, 5) is 0. The molecule has 4 nitrogen and oxygen atoms in total. The topological polar surface area (TPSA) is 61.7 Å². The van der Waals surface area contributed by atoms with Crippen molar-refractivity contribution in [2.45, 2.75) is 32.4 Å². The largest absolute Gasteiger partial charge is 0.494 e. The number of hydrogen-bond acceptors (Lipinski definition) is 4. The zero-order valence-corrected chi connectivity index (χ0v) is 11.1. The second-order valence-corrected chi connectivity index (χ2v) is 4.73. The van der Waals surface area contributed by atoms with Crippen LogP contribution in [-0.4, -0.2) is 35.6 Å². The Kier molecular flexibility index (Phi) is 6.12. The van der Waals surface area contributed by atoms with E-state index in [2.05, 4.69) is 12.2 Å². The first kappa shape index (κ1) is 15.0. The summed E-state index contributed by atoms with van der Waals surface area (Å²) in [5.74, 6) is 0.853. The van der Waals surface area contributed by atoms with Crippen molar-refractivity contribution in [3.8, 4) is 5.75 Å². The lowest BCUT2D eigenvalue weighted by Gasteiger charge is -2.26. The van der Waals surface area contributed by atoms with E-state index in [0.29, 0.717) is 13.2 Å². The molecule has 0 fully saturated rings. The first-order valence-corrected chi connectivity index (χ1v) is 6.32. The summed E-state index contributed by atoms with van der Waals surface area (Å²) in [6.45, 7) is 4.94. The smallest absolute Gasteiger partial charge is 0.119 e. The standard InChI is InChI=1S/C14H23NO3/c1-3-7-18-13-6-4-5-12(8-13)9-15-14(2,10-16)11-17/h4-6,8,15-17H,3,7,9-11H2,1-2H3. The van der Waals surface area contributed by atoms with Gasteiger partial charge in [0.15, 0.2) is 0 Å². The van der Waals surface area contributed by atoms with Crippen molar-refractivity contribution >= 4 is 0 Å². The molecule has 4 heteroatoms. The van der Waals surface area contributed by atoms with Crippen LogP contribution in [0.1, 0.15) is 25.8 Å². The number of aliphatic hydroxyl groups is 2. The summed E-state index contributed by atoms with van der Waals surface area (Å²) < 4.78 is 5.55. The molecule has 0 atom stereocenters. The van der Waals surface area contributed by atoms with Gasteiger partial charge in [-0.1, -0.05) is 19.1 Å². The number of rotatable bonds is 8. The van der Waals surface area contributed by atoms with Gasteiger partial charge < -0.3 is 20.3 Å². The maximum absolute atomic E-state index is 9.19. The van der Waals surface area contributed by atoms with Crippen LogP contribution in [0.5, 0.6) is 5.75 Å². The molecule has 102 valence electrons. The van der Waals surface area contributed by atoms with E-state index in [9.17, 15) is 10.2 Å². The number of aliphatic hydroxyl groups excluding tert-OH is 2. The Hall–Kier alpha value is -1.10. The van der Waals surface area contributed by atoms with Gasteiger partial charge in [0.2, 0.25) is 0 Å². The van der Waals surface area contributed by atoms with E-state index >= 15 is 0 Å². The van der Waals surface area contributed by atoms with E-state index in [-0.39, 0.29) is 13.2 Å². The average Bonchev–Trinajstić information content (AvgIpc) is 2.43. The third-order valence-electron chi connectivity index (χ3n) is 2.79. The minimum absolute atomic E-state index is 0.102. The molecule has 0 amide bonds. The molecule has 18 heavy (non-hydrogen) atoms. The fourth-order valence-corrected chi connectivity index (χ4v) is 1.44. The minimum Gasteiger partial charge on any atom is -0.494 e. The monoisotopic (exact) mass is 253 g/mol. The van der Waals surface area contributed by atoms with Gasteiger partial charge in [-0.15, -0.1) is 0 Å². The lowest BCUT2D eigenvalue weighted by atomic mass is 10.0. The SMILES string of the molecule is CCCOc1cccc(CNC(C)(CO)CO)c1. The quantitative estimate of drug-likeness (QED) is 0.653. The molecule has 0 saturated carbocycles. The van der Waals surface area contributed by atoms with Gasteiger partial charge in [-0.2, -0.15) is 0 Å². The highest BCUT2D eigenvalue weighted by atomic mass is 16.5. The molecule has 0 aliphatic heterocycles. The van der Waals surface area contributed by atoms with Crippen molar-refractivity contribution in [2.75, 3.05) is 19.8 Å². The summed E-state index contributed by atoms with van der Waals surface area (Å²) in [5, 5.41) is 21.5. The van der Waals surface area contributed by atoms with Crippen LogP contribution in [-0.2, 0) is 6.54 Å². The second-order valence-electron chi connectivity index (χ2n) is 4.73. The maximum atomic E-state index is 9.19. The van der Waals surface area contributed by atoms with Crippen LogP contribution in [0.15, 0.2) is 24.3 Å². The fraction of sp³-hybridized carbons (Fsp3) is 0.571. The van der Waals surface area contributed by atoms with Crippen LogP contribution < -0.4 is 10.1 Å². The molecular weight excluding hydrogens is 230 g/mol. The van der Waals surface area contributed by atoms with Gasteiger partial charge in [0, 0.05) is 6.54 Å². The van der Waals surface area contributed by atoms with Gasteiger partial charge in [0.05, 0.1) is 25.4 Å². The summed E-state index contributed by atoms with van der Waals surface area (Å²) >= 11 is 0. The van der Waals surface area contributed by atoms with Crippen molar-refractivity contribution < 1.29 is 14.9 Å². The summed E-state index contributed by atoms with van der Waals surface area (Å²) in [5.41, 5.74) is 0.414. The van der Waals surface area contributed by atoms with Gasteiger partial charge in [-0.05, 0) is 31.0 Å². The van der Waals surface area contributed by atoms with Crippen LogP contribution in [0.4, 0.5) is 0 Å². The molecule has 0 bridgehead atoms. The highest BCUT2D eigenvalue weighted by Crippen LogP contribution is 2.14. The fourth-order valence-electron chi connectivity index (χ4n) is 1.44. The van der Waals surface area contributed by atoms with Gasteiger partial charge in [-0.3, -0.25) is 0 Å². The van der Waals surface area contributed by atoms with Crippen molar-refractivity contribution in [1.29, 1.82) is 0 Å². The Bertz CT molecular complexity index is 351. The van der Waals surface area contributed by atoms with E-state index in [4.69, 9.17) is 4.74 Å². The highest BCUT2D eigenvalue weighted by Gasteiger charge is 2.20. The lowest BCUT2D eigenvalue weighted by Crippen LogP contribution is -2.48. The zero-order chi connectivity index (χ0) is 13.4. The molecule has 0 aliphatic rings.